The number of hydrogen-bond donors (Lipinski definition) is 2. The van der Waals surface area contributed by atoms with Gasteiger partial charge in [-0.1, -0.05) is 12.2 Å². The van der Waals surface area contributed by atoms with Crippen molar-refractivity contribution >= 4 is 23.1 Å². The lowest BCUT2D eigenvalue weighted by Gasteiger charge is -2.04. The highest BCUT2D eigenvalue weighted by atomic mass is 32.1. The maximum absolute atomic E-state index is 11.8. The number of thiocarbonyl (C=S) groups is 1. The Morgan fingerprint density at radius 2 is 2.16 bits per heavy atom. The Morgan fingerprint density at radius 3 is 2.74 bits per heavy atom. The molecule has 3 N–H and O–H groups in total. The molecule has 1 amide bonds. The van der Waals surface area contributed by atoms with E-state index in [9.17, 15) is 4.79 Å². The van der Waals surface area contributed by atoms with Crippen molar-refractivity contribution in [3.8, 4) is 0 Å². The molecule has 0 aliphatic rings. The first-order valence-corrected chi connectivity index (χ1v) is 5.86. The maximum Gasteiger partial charge on any atom is 0.270 e. The first kappa shape index (κ1) is 13.0. The van der Waals surface area contributed by atoms with E-state index in [0.29, 0.717) is 17.8 Å². The summed E-state index contributed by atoms with van der Waals surface area (Å²) in [7, 11) is 0. The minimum absolute atomic E-state index is 0.250. The third-order valence-corrected chi connectivity index (χ3v) is 2.59. The van der Waals surface area contributed by atoms with Crippen LogP contribution < -0.4 is 11.1 Å². The van der Waals surface area contributed by atoms with Gasteiger partial charge in [-0.05, 0) is 18.2 Å². The van der Waals surface area contributed by atoms with Crippen molar-refractivity contribution in [3.05, 3.63) is 53.9 Å². The van der Waals surface area contributed by atoms with Gasteiger partial charge in [0.05, 0.1) is 12.2 Å². The Kier molecular flexibility index (Phi) is 4.09. The van der Waals surface area contributed by atoms with Crippen molar-refractivity contribution in [2.24, 2.45) is 5.73 Å². The summed E-state index contributed by atoms with van der Waals surface area (Å²) in [5.41, 5.74) is 7.10. The summed E-state index contributed by atoms with van der Waals surface area (Å²) < 4.78 is 0. The van der Waals surface area contributed by atoms with Gasteiger partial charge in [-0.25, -0.2) is 9.97 Å². The lowest BCUT2D eigenvalue weighted by Crippen LogP contribution is -2.24. The Bertz CT molecular complexity index is 585. The fourth-order valence-corrected chi connectivity index (χ4v) is 1.48. The van der Waals surface area contributed by atoms with Crippen LogP contribution in [-0.2, 0) is 6.54 Å². The average Bonchev–Trinajstić information content (AvgIpc) is 2.46. The zero-order valence-electron chi connectivity index (χ0n) is 9.91. The minimum atomic E-state index is -0.284. The van der Waals surface area contributed by atoms with Crippen LogP contribution in [0.5, 0.6) is 0 Å². The SMILES string of the molecule is NC(=S)c1ccc(C(=O)NCc2ccncn2)nc1. The van der Waals surface area contributed by atoms with Gasteiger partial charge >= 0.3 is 0 Å². The summed E-state index contributed by atoms with van der Waals surface area (Å²) >= 11 is 4.81. The molecular weight excluding hydrogens is 262 g/mol. The van der Waals surface area contributed by atoms with Crippen molar-refractivity contribution in [2.45, 2.75) is 6.54 Å². The number of nitrogens with zero attached hydrogens (tertiary/aromatic N) is 3. The molecule has 0 atom stereocenters. The molecule has 2 heterocycles. The van der Waals surface area contributed by atoms with Gasteiger partial charge in [-0.15, -0.1) is 0 Å². The average molecular weight is 273 g/mol. The molecule has 19 heavy (non-hydrogen) atoms. The van der Waals surface area contributed by atoms with Crippen LogP contribution in [0.15, 0.2) is 36.9 Å². The molecule has 2 aromatic heterocycles. The van der Waals surface area contributed by atoms with E-state index in [0.717, 1.165) is 5.69 Å². The predicted octanol–water partition coefficient (Wildman–Crippen LogP) is 0.436. The van der Waals surface area contributed by atoms with E-state index >= 15 is 0 Å². The number of carbonyl (C=O) groups is 1. The number of nitrogens with two attached hydrogens (primary N) is 1. The van der Waals surface area contributed by atoms with Gasteiger partial charge in [0.25, 0.3) is 5.91 Å². The first-order valence-electron chi connectivity index (χ1n) is 5.46. The smallest absolute Gasteiger partial charge is 0.270 e. The van der Waals surface area contributed by atoms with Crippen LogP contribution in [0.4, 0.5) is 0 Å². The summed E-state index contributed by atoms with van der Waals surface area (Å²) in [6, 6.07) is 4.96. The Hall–Kier alpha value is -2.41. The van der Waals surface area contributed by atoms with E-state index in [1.54, 1.807) is 24.4 Å². The number of rotatable bonds is 4. The molecule has 0 saturated carbocycles. The summed E-state index contributed by atoms with van der Waals surface area (Å²) in [4.78, 5) is 23.9. The summed E-state index contributed by atoms with van der Waals surface area (Å²) in [5, 5.41) is 2.71. The number of hydrogen-bond acceptors (Lipinski definition) is 5. The highest BCUT2D eigenvalue weighted by molar-refractivity contribution is 7.80. The Morgan fingerprint density at radius 1 is 1.32 bits per heavy atom. The molecule has 0 unspecified atom stereocenters. The van der Waals surface area contributed by atoms with E-state index < -0.39 is 0 Å². The van der Waals surface area contributed by atoms with Crippen LogP contribution in [0.2, 0.25) is 0 Å². The molecule has 0 aromatic carbocycles. The molecule has 0 saturated heterocycles. The van der Waals surface area contributed by atoms with Crippen molar-refractivity contribution in [1.29, 1.82) is 0 Å². The van der Waals surface area contributed by atoms with Crippen molar-refractivity contribution in [2.75, 3.05) is 0 Å². The van der Waals surface area contributed by atoms with Crippen LogP contribution in [0.3, 0.4) is 0 Å². The molecule has 0 aliphatic heterocycles. The molecule has 6 nitrogen and oxygen atoms in total. The predicted molar refractivity (Wildman–Crippen MR) is 73.3 cm³/mol. The highest BCUT2D eigenvalue weighted by Crippen LogP contribution is 2.01. The number of pyridine rings is 1. The molecule has 0 fully saturated rings. The van der Waals surface area contributed by atoms with Crippen molar-refractivity contribution < 1.29 is 4.79 Å². The van der Waals surface area contributed by atoms with Crippen LogP contribution in [0.1, 0.15) is 21.7 Å². The summed E-state index contributed by atoms with van der Waals surface area (Å²) in [5.74, 6) is -0.284. The second kappa shape index (κ2) is 5.96. The van der Waals surface area contributed by atoms with Crippen molar-refractivity contribution in [3.63, 3.8) is 0 Å². The van der Waals surface area contributed by atoms with Crippen LogP contribution in [0.25, 0.3) is 0 Å². The standard InChI is InChI=1S/C12H11N5OS/c13-11(19)8-1-2-10(15-5-8)12(18)16-6-9-3-4-14-7-17-9/h1-5,7H,6H2,(H2,13,19)(H,16,18). The topological polar surface area (TPSA) is 93.8 Å². The summed E-state index contributed by atoms with van der Waals surface area (Å²) in [6.07, 6.45) is 4.52. The third kappa shape index (κ3) is 3.52. The Labute approximate surface area is 115 Å². The maximum atomic E-state index is 11.8. The largest absolute Gasteiger partial charge is 0.389 e. The third-order valence-electron chi connectivity index (χ3n) is 2.35. The van der Waals surface area contributed by atoms with E-state index in [4.69, 9.17) is 18.0 Å². The molecule has 0 bridgehead atoms. The number of amides is 1. The van der Waals surface area contributed by atoms with Gasteiger partial charge in [0.1, 0.15) is 17.0 Å². The molecule has 0 radical (unpaired) electrons. The van der Waals surface area contributed by atoms with Crippen molar-refractivity contribution in [1.82, 2.24) is 20.3 Å². The zero-order valence-corrected chi connectivity index (χ0v) is 10.7. The normalized spacial score (nSPS) is 9.89. The molecular formula is C12H11N5OS. The molecule has 0 aliphatic carbocycles. The first-order chi connectivity index (χ1) is 9.16. The Balaban J connectivity index is 1.98. The van der Waals surface area contributed by atoms with Gasteiger partial charge in [0, 0.05) is 18.0 Å². The lowest BCUT2D eigenvalue weighted by atomic mass is 10.2. The molecule has 7 heteroatoms. The van der Waals surface area contributed by atoms with E-state index in [1.807, 2.05) is 0 Å². The van der Waals surface area contributed by atoms with E-state index in [2.05, 4.69) is 20.3 Å². The highest BCUT2D eigenvalue weighted by Gasteiger charge is 2.07. The fourth-order valence-electron chi connectivity index (χ4n) is 1.36. The molecule has 0 spiro atoms. The zero-order chi connectivity index (χ0) is 13.7. The number of carbonyl (C=O) groups excluding carboxylic acids is 1. The molecule has 2 rings (SSSR count). The minimum Gasteiger partial charge on any atom is -0.389 e. The lowest BCUT2D eigenvalue weighted by molar-refractivity contribution is 0.0945. The monoisotopic (exact) mass is 273 g/mol. The van der Waals surface area contributed by atoms with Gasteiger partial charge in [-0.2, -0.15) is 0 Å². The van der Waals surface area contributed by atoms with Crippen LogP contribution >= 0.6 is 12.2 Å². The quantitative estimate of drug-likeness (QED) is 0.785. The van der Waals surface area contributed by atoms with Gasteiger partial charge in [0.2, 0.25) is 0 Å². The van der Waals surface area contributed by atoms with Crippen LogP contribution in [0, 0.1) is 0 Å². The number of aromatic nitrogens is 3. The second-order valence-corrected chi connectivity index (χ2v) is 4.12. The van der Waals surface area contributed by atoms with E-state index in [1.165, 1.54) is 12.5 Å². The molecule has 96 valence electrons. The van der Waals surface area contributed by atoms with Gasteiger partial charge in [-0.3, -0.25) is 9.78 Å². The second-order valence-electron chi connectivity index (χ2n) is 3.68. The molecule has 2 aromatic rings. The van der Waals surface area contributed by atoms with Gasteiger partial charge in [0.15, 0.2) is 0 Å². The number of nitrogens with one attached hydrogen (secondary N) is 1. The fraction of sp³-hybridized carbons (Fsp3) is 0.0833. The van der Waals surface area contributed by atoms with Gasteiger partial charge < -0.3 is 11.1 Å². The summed E-state index contributed by atoms with van der Waals surface area (Å²) in [6.45, 7) is 0.320. The van der Waals surface area contributed by atoms with Crippen LogP contribution in [-0.4, -0.2) is 25.8 Å². The van der Waals surface area contributed by atoms with E-state index in [-0.39, 0.29) is 10.9 Å².